The van der Waals surface area contributed by atoms with Crippen LogP contribution in [0.25, 0.3) is 11.2 Å². The molecule has 1 saturated heterocycles. The monoisotopic (exact) mass is 330 g/mol. The van der Waals surface area contributed by atoms with Crippen molar-refractivity contribution in [3.05, 3.63) is 12.7 Å². The van der Waals surface area contributed by atoms with Crippen molar-refractivity contribution in [3.63, 3.8) is 0 Å². The Hall–Kier alpha value is -1.19. The molecule has 3 heterocycles. The van der Waals surface area contributed by atoms with Gasteiger partial charge in [0.25, 0.3) is 0 Å². The van der Waals surface area contributed by atoms with Crippen LogP contribution in [0.3, 0.4) is 0 Å². The highest BCUT2D eigenvalue weighted by Gasteiger charge is 2.29. The van der Waals surface area contributed by atoms with Gasteiger partial charge in [-0.3, -0.25) is 14.6 Å². The third-order valence-electron chi connectivity index (χ3n) is 3.23. The summed E-state index contributed by atoms with van der Waals surface area (Å²) in [5.74, 6) is 0.329. The van der Waals surface area contributed by atoms with Gasteiger partial charge < -0.3 is 15.0 Å². The molecule has 1 unspecified atom stereocenters. The van der Waals surface area contributed by atoms with Crippen molar-refractivity contribution in [1.82, 2.24) is 19.5 Å². The fourth-order valence-corrected chi connectivity index (χ4v) is 2.86. The number of rotatable bonds is 4. The second kappa shape index (κ2) is 5.54. The standard InChI is InChI=1S/C10H15N6O3PS/c11-9-8-10(14-4-13-9)16(5-15-8)7-2-1-6(19-7)3-18-20(12,17)21/h4-7H,1-3H2,(H2,11,13,14)(H3,12,17,21)/t6-,7+,20?/m0/s1. The number of nitrogens with two attached hydrogens (primary N) is 2. The fraction of sp³-hybridized carbons (Fsp3) is 0.500. The van der Waals surface area contributed by atoms with Gasteiger partial charge in [0.15, 0.2) is 11.5 Å². The molecule has 0 amide bonds. The van der Waals surface area contributed by atoms with E-state index in [1.165, 1.54) is 6.33 Å². The van der Waals surface area contributed by atoms with Crippen LogP contribution in [0, 0.1) is 0 Å². The van der Waals surface area contributed by atoms with Crippen LogP contribution in [0.1, 0.15) is 19.1 Å². The van der Waals surface area contributed by atoms with E-state index in [0.717, 1.165) is 12.8 Å². The number of fused-ring (bicyclic) bond motifs is 1. The molecule has 0 spiro atoms. The van der Waals surface area contributed by atoms with Gasteiger partial charge in [-0.1, -0.05) is 12.2 Å². The summed E-state index contributed by atoms with van der Waals surface area (Å²) in [5, 5.41) is 0. The SMILES string of the molecule is Nc1ncnc2c1ncn2[C@H]1CC[C@@H](COP(N)(=O)S)O1. The number of thiol groups is 1. The van der Waals surface area contributed by atoms with E-state index in [1.54, 1.807) is 10.9 Å². The van der Waals surface area contributed by atoms with Crippen LogP contribution < -0.4 is 11.2 Å². The molecule has 9 nitrogen and oxygen atoms in total. The van der Waals surface area contributed by atoms with Crippen molar-refractivity contribution in [2.75, 3.05) is 12.3 Å². The topological polar surface area (TPSA) is 131 Å². The second-order valence-electron chi connectivity index (χ2n) is 4.73. The van der Waals surface area contributed by atoms with E-state index in [0.29, 0.717) is 17.0 Å². The van der Waals surface area contributed by atoms with Gasteiger partial charge in [0.1, 0.15) is 18.1 Å². The third kappa shape index (κ3) is 3.19. The first-order valence-electron chi connectivity index (χ1n) is 6.28. The normalized spacial score (nSPS) is 25.2. The van der Waals surface area contributed by atoms with Gasteiger partial charge >= 0.3 is 6.72 Å². The zero-order chi connectivity index (χ0) is 15.0. The van der Waals surface area contributed by atoms with Crippen LogP contribution in [0.4, 0.5) is 5.82 Å². The molecule has 0 aliphatic carbocycles. The number of hydrogen-bond acceptors (Lipinski definition) is 7. The zero-order valence-electron chi connectivity index (χ0n) is 11.0. The van der Waals surface area contributed by atoms with E-state index in [-0.39, 0.29) is 18.9 Å². The highest BCUT2D eigenvalue weighted by atomic mass is 32.7. The number of ether oxygens (including phenoxy) is 1. The molecular weight excluding hydrogens is 315 g/mol. The van der Waals surface area contributed by atoms with Crippen LogP contribution in [-0.2, 0) is 13.8 Å². The summed E-state index contributed by atoms with van der Waals surface area (Å²) in [4.78, 5) is 12.3. The maximum Gasteiger partial charge on any atom is 0.320 e. The van der Waals surface area contributed by atoms with Crippen molar-refractivity contribution >= 4 is 36.0 Å². The van der Waals surface area contributed by atoms with Crippen LogP contribution in [0.5, 0.6) is 0 Å². The lowest BCUT2D eigenvalue weighted by Crippen LogP contribution is -2.16. The minimum atomic E-state index is -3.29. The van der Waals surface area contributed by atoms with Crippen LogP contribution in [0.2, 0.25) is 0 Å². The van der Waals surface area contributed by atoms with Gasteiger partial charge in [0.2, 0.25) is 0 Å². The lowest BCUT2D eigenvalue weighted by molar-refractivity contribution is -0.0149. The molecule has 2 aromatic rings. The Bertz CT molecular complexity index is 703. The van der Waals surface area contributed by atoms with E-state index >= 15 is 0 Å². The molecule has 1 fully saturated rings. The van der Waals surface area contributed by atoms with Crippen molar-refractivity contribution in [2.24, 2.45) is 5.50 Å². The first kappa shape index (κ1) is 14.7. The van der Waals surface area contributed by atoms with Crippen molar-refractivity contribution < 1.29 is 13.8 Å². The number of nitrogens with zero attached hydrogens (tertiary/aromatic N) is 4. The Kier molecular flexibility index (Phi) is 3.89. The molecule has 21 heavy (non-hydrogen) atoms. The highest BCUT2D eigenvalue weighted by molar-refractivity contribution is 8.45. The minimum Gasteiger partial charge on any atom is -0.382 e. The molecule has 11 heteroatoms. The lowest BCUT2D eigenvalue weighted by atomic mass is 10.2. The molecule has 3 atom stereocenters. The van der Waals surface area contributed by atoms with Gasteiger partial charge in [0.05, 0.1) is 19.0 Å². The predicted molar refractivity (Wildman–Crippen MR) is 79.6 cm³/mol. The third-order valence-corrected chi connectivity index (χ3v) is 4.09. The molecule has 2 aromatic heterocycles. The summed E-state index contributed by atoms with van der Waals surface area (Å²) in [7, 11) is 0. The Morgan fingerprint density at radius 3 is 3.05 bits per heavy atom. The smallest absolute Gasteiger partial charge is 0.320 e. The minimum absolute atomic E-state index is 0.136. The fourth-order valence-electron chi connectivity index (χ4n) is 2.28. The summed E-state index contributed by atoms with van der Waals surface area (Å²) < 4.78 is 23.8. The van der Waals surface area contributed by atoms with E-state index < -0.39 is 6.72 Å². The molecule has 0 bridgehead atoms. The number of aromatic nitrogens is 4. The number of anilines is 1. The average Bonchev–Trinajstić information content (AvgIpc) is 3.02. The lowest BCUT2D eigenvalue weighted by Gasteiger charge is -2.16. The molecule has 3 rings (SSSR count). The molecule has 0 radical (unpaired) electrons. The van der Waals surface area contributed by atoms with Crippen LogP contribution in [0.15, 0.2) is 12.7 Å². The molecular formula is C10H15N6O3PS. The summed E-state index contributed by atoms with van der Waals surface area (Å²) in [5.41, 5.74) is 12.1. The van der Waals surface area contributed by atoms with E-state index in [2.05, 4.69) is 27.2 Å². The highest BCUT2D eigenvalue weighted by Crippen LogP contribution is 2.43. The maximum absolute atomic E-state index is 11.2. The maximum atomic E-state index is 11.2. The van der Waals surface area contributed by atoms with E-state index in [1.807, 2.05) is 0 Å². The van der Waals surface area contributed by atoms with Gasteiger partial charge in [-0.2, -0.15) is 0 Å². The van der Waals surface area contributed by atoms with Crippen molar-refractivity contribution in [2.45, 2.75) is 25.2 Å². The molecule has 0 aromatic carbocycles. The first-order valence-corrected chi connectivity index (χ1v) is 9.13. The summed E-state index contributed by atoms with van der Waals surface area (Å²) in [6, 6.07) is 0. The van der Waals surface area contributed by atoms with Gasteiger partial charge in [-0.15, -0.1) is 0 Å². The Morgan fingerprint density at radius 1 is 1.48 bits per heavy atom. The zero-order valence-corrected chi connectivity index (χ0v) is 12.8. The van der Waals surface area contributed by atoms with Crippen molar-refractivity contribution in [3.8, 4) is 0 Å². The quantitative estimate of drug-likeness (QED) is 0.561. The molecule has 4 N–H and O–H groups in total. The van der Waals surface area contributed by atoms with Gasteiger partial charge in [0, 0.05) is 0 Å². The summed E-state index contributed by atoms with van der Waals surface area (Å²) in [6.07, 6.45) is 4.09. The first-order chi connectivity index (χ1) is 9.94. The summed E-state index contributed by atoms with van der Waals surface area (Å²) in [6.45, 7) is -3.15. The van der Waals surface area contributed by atoms with Gasteiger partial charge in [-0.25, -0.2) is 15.0 Å². The molecule has 1 aliphatic heterocycles. The second-order valence-corrected chi connectivity index (χ2v) is 7.79. The molecule has 114 valence electrons. The van der Waals surface area contributed by atoms with Crippen LogP contribution in [-0.4, -0.2) is 32.2 Å². The Balaban J connectivity index is 1.73. The van der Waals surface area contributed by atoms with E-state index in [4.69, 9.17) is 20.5 Å². The molecule has 1 aliphatic rings. The average molecular weight is 330 g/mol. The van der Waals surface area contributed by atoms with Crippen LogP contribution >= 0.6 is 19.0 Å². The predicted octanol–water partition coefficient (Wildman–Crippen LogP) is 1.10. The summed E-state index contributed by atoms with van der Waals surface area (Å²) >= 11 is 3.68. The number of nitrogen functional groups attached to an aromatic ring is 1. The number of imidazole rings is 1. The molecule has 0 saturated carbocycles. The Labute approximate surface area is 125 Å². The van der Waals surface area contributed by atoms with Gasteiger partial charge in [-0.05, 0) is 12.8 Å². The van der Waals surface area contributed by atoms with E-state index in [9.17, 15) is 4.57 Å². The number of hydrogen-bond donors (Lipinski definition) is 3. The Morgan fingerprint density at radius 2 is 2.29 bits per heavy atom. The van der Waals surface area contributed by atoms with Crippen molar-refractivity contribution in [1.29, 1.82) is 0 Å². The largest absolute Gasteiger partial charge is 0.382 e.